The summed E-state index contributed by atoms with van der Waals surface area (Å²) >= 11 is 0. The van der Waals surface area contributed by atoms with Crippen LogP contribution >= 0.6 is 0 Å². The molecule has 10 nitrogen and oxygen atoms in total. The summed E-state index contributed by atoms with van der Waals surface area (Å²) in [6.45, 7) is 0. The van der Waals surface area contributed by atoms with Crippen molar-refractivity contribution in [3.8, 4) is 80.2 Å². The first-order valence-electron chi connectivity index (χ1n) is 22.4. The van der Waals surface area contributed by atoms with Crippen molar-refractivity contribution in [3.63, 3.8) is 0 Å². The highest BCUT2D eigenvalue weighted by Gasteiger charge is 2.22. The Balaban J connectivity index is 0.996. The number of hydrogen-bond acceptors (Lipinski definition) is 8. The van der Waals surface area contributed by atoms with Gasteiger partial charge in [0.1, 0.15) is 23.0 Å². The Morgan fingerprint density at radius 3 is 0.912 bits per heavy atom. The van der Waals surface area contributed by atoms with Crippen molar-refractivity contribution >= 4 is 43.6 Å². The molecule has 0 amide bonds. The van der Waals surface area contributed by atoms with Gasteiger partial charge in [0.15, 0.2) is 34.9 Å². The van der Waals surface area contributed by atoms with Crippen LogP contribution in [0.5, 0.6) is 0 Å². The fourth-order valence-electron chi connectivity index (χ4n) is 9.12. The predicted octanol–water partition coefficient (Wildman–Crippen LogP) is 13.0. The van der Waals surface area contributed by atoms with E-state index in [1.807, 2.05) is 158 Å². The molecule has 13 aromatic rings. The number of para-hydroxylation sites is 2. The molecule has 68 heavy (non-hydrogen) atoms. The van der Waals surface area contributed by atoms with Crippen LogP contribution in [0, 0.1) is 0 Å². The molecule has 7 aromatic carbocycles. The van der Waals surface area contributed by atoms with Crippen molar-refractivity contribution < 1.29 is 0 Å². The normalized spacial score (nSPS) is 11.5. The maximum atomic E-state index is 5.33. The quantitative estimate of drug-likeness (QED) is 0.148. The van der Waals surface area contributed by atoms with E-state index in [4.69, 9.17) is 39.9 Å². The van der Waals surface area contributed by atoms with E-state index in [0.717, 1.165) is 77.5 Å². The molecule has 10 heteroatoms. The summed E-state index contributed by atoms with van der Waals surface area (Å²) in [7, 11) is 0. The Morgan fingerprint density at radius 1 is 0.221 bits per heavy atom. The van der Waals surface area contributed by atoms with Crippen LogP contribution in [0.2, 0.25) is 0 Å². The van der Waals surface area contributed by atoms with Crippen molar-refractivity contribution in [2.75, 3.05) is 0 Å². The first-order valence-corrected chi connectivity index (χ1v) is 22.4. The first kappa shape index (κ1) is 38.9. The summed E-state index contributed by atoms with van der Waals surface area (Å²) in [4.78, 5) is 40.5. The van der Waals surface area contributed by atoms with Gasteiger partial charge in [0.2, 0.25) is 0 Å². The molecule has 0 N–H and O–H groups in total. The van der Waals surface area contributed by atoms with E-state index >= 15 is 0 Å². The standard InChI is InChI=1S/C58H36N10/c1-5-19-37(20-6-1)53-61-54(38-21-7-2-8-22-38)64-57(63-53)45-29-17-33-51(59-45)67-47-31-15-13-27-41(47)43-35-44-42-28-14-16-32-48(42)68(50(44)36-49(43)67)52-34-18-30-46(60-52)58-65-55(39-23-9-3-10-24-39)62-56(66-58)40-25-11-4-12-26-40/h1-36H. The van der Waals surface area contributed by atoms with Crippen LogP contribution in [-0.4, -0.2) is 49.0 Å². The van der Waals surface area contributed by atoms with E-state index < -0.39 is 0 Å². The van der Waals surface area contributed by atoms with Gasteiger partial charge >= 0.3 is 0 Å². The molecule has 0 fully saturated rings. The van der Waals surface area contributed by atoms with Crippen LogP contribution < -0.4 is 0 Å². The van der Waals surface area contributed by atoms with Gasteiger partial charge in [-0.25, -0.2) is 39.9 Å². The van der Waals surface area contributed by atoms with E-state index in [2.05, 4.69) is 69.8 Å². The van der Waals surface area contributed by atoms with Gasteiger partial charge in [-0.1, -0.05) is 170 Å². The Bertz CT molecular complexity index is 3650. The molecule has 0 spiro atoms. The number of rotatable bonds is 8. The highest BCUT2D eigenvalue weighted by molar-refractivity contribution is 6.19. The van der Waals surface area contributed by atoms with Crippen molar-refractivity contribution in [2.45, 2.75) is 0 Å². The highest BCUT2D eigenvalue weighted by Crippen LogP contribution is 2.40. The summed E-state index contributed by atoms with van der Waals surface area (Å²) in [5.41, 5.74) is 8.89. The lowest BCUT2D eigenvalue weighted by molar-refractivity contribution is 1.03. The summed E-state index contributed by atoms with van der Waals surface area (Å²) in [5, 5.41) is 4.44. The third kappa shape index (κ3) is 6.74. The molecule has 6 aromatic heterocycles. The molecule has 0 unspecified atom stereocenters. The lowest BCUT2D eigenvalue weighted by atomic mass is 10.1. The molecule has 318 valence electrons. The minimum absolute atomic E-state index is 0.485. The largest absolute Gasteiger partial charge is 0.294 e. The number of pyridine rings is 2. The van der Waals surface area contributed by atoms with Crippen molar-refractivity contribution in [1.29, 1.82) is 0 Å². The minimum atomic E-state index is 0.485. The summed E-state index contributed by atoms with van der Waals surface area (Å²) < 4.78 is 4.47. The van der Waals surface area contributed by atoms with Crippen molar-refractivity contribution in [1.82, 2.24) is 49.0 Å². The highest BCUT2D eigenvalue weighted by atomic mass is 15.1. The second kappa shape index (κ2) is 16.2. The Labute approximate surface area is 389 Å². The Kier molecular flexibility index (Phi) is 9.24. The summed E-state index contributed by atoms with van der Waals surface area (Å²) in [6.07, 6.45) is 0. The molecule has 0 aliphatic carbocycles. The molecule has 0 saturated heterocycles. The zero-order valence-corrected chi connectivity index (χ0v) is 36.3. The molecule has 0 aliphatic heterocycles. The smallest absolute Gasteiger partial charge is 0.182 e. The van der Waals surface area contributed by atoms with Gasteiger partial charge in [0, 0.05) is 43.8 Å². The van der Waals surface area contributed by atoms with Crippen molar-refractivity contribution in [3.05, 3.63) is 218 Å². The van der Waals surface area contributed by atoms with Crippen LogP contribution in [0.4, 0.5) is 0 Å². The van der Waals surface area contributed by atoms with E-state index in [1.165, 1.54) is 0 Å². The van der Waals surface area contributed by atoms with Crippen molar-refractivity contribution in [2.24, 2.45) is 0 Å². The molecule has 13 rings (SSSR count). The maximum Gasteiger partial charge on any atom is 0.182 e. The molecule has 0 bridgehead atoms. The summed E-state index contributed by atoms with van der Waals surface area (Å²) in [5.74, 6) is 4.75. The number of nitrogens with zero attached hydrogens (tertiary/aromatic N) is 10. The maximum absolute atomic E-state index is 5.33. The fraction of sp³-hybridized carbons (Fsp3) is 0. The number of fused-ring (bicyclic) bond motifs is 6. The average molecular weight is 873 g/mol. The number of aromatic nitrogens is 10. The van der Waals surface area contributed by atoms with Crippen LogP contribution in [0.25, 0.3) is 124 Å². The fourth-order valence-corrected chi connectivity index (χ4v) is 9.12. The van der Waals surface area contributed by atoms with Gasteiger partial charge in [-0.3, -0.25) is 9.13 Å². The first-order chi connectivity index (χ1) is 33.7. The van der Waals surface area contributed by atoms with Gasteiger partial charge < -0.3 is 0 Å². The monoisotopic (exact) mass is 872 g/mol. The zero-order chi connectivity index (χ0) is 45.0. The average Bonchev–Trinajstić information content (AvgIpc) is 3.93. The molecular formula is C58H36N10. The van der Waals surface area contributed by atoms with Gasteiger partial charge in [-0.2, -0.15) is 0 Å². The molecular weight excluding hydrogens is 837 g/mol. The zero-order valence-electron chi connectivity index (χ0n) is 36.3. The SMILES string of the molecule is c1ccc(-c2nc(-c3ccccc3)nc(-c3cccc(-n4c5ccccc5c5cc6c7ccccc7n(-c7cccc(-c8nc(-c9ccccc9)nc(-c9ccccc9)n8)n7)c6cc54)n3)n2)cc1. The van der Waals surface area contributed by atoms with Gasteiger partial charge in [-0.05, 0) is 48.5 Å². The predicted molar refractivity (Wildman–Crippen MR) is 270 cm³/mol. The summed E-state index contributed by atoms with van der Waals surface area (Å²) in [6, 6.07) is 73.6. The van der Waals surface area contributed by atoms with Gasteiger partial charge in [0.25, 0.3) is 0 Å². The lowest BCUT2D eigenvalue weighted by Gasteiger charge is -2.12. The Hall–Kier alpha value is -9.54. The molecule has 0 radical (unpaired) electrons. The third-order valence-corrected chi connectivity index (χ3v) is 12.3. The van der Waals surface area contributed by atoms with E-state index in [1.54, 1.807) is 0 Å². The van der Waals surface area contributed by atoms with E-state index in [9.17, 15) is 0 Å². The topological polar surface area (TPSA) is 113 Å². The molecule has 6 heterocycles. The molecule has 0 saturated carbocycles. The second-order valence-corrected chi connectivity index (χ2v) is 16.4. The van der Waals surface area contributed by atoms with Gasteiger partial charge in [-0.15, -0.1) is 0 Å². The van der Waals surface area contributed by atoms with Crippen LogP contribution in [0.1, 0.15) is 0 Å². The minimum Gasteiger partial charge on any atom is -0.294 e. The number of benzene rings is 7. The number of hydrogen-bond donors (Lipinski definition) is 0. The second-order valence-electron chi connectivity index (χ2n) is 16.4. The van der Waals surface area contributed by atoms with Crippen LogP contribution in [0.15, 0.2) is 218 Å². The van der Waals surface area contributed by atoms with Crippen LogP contribution in [0.3, 0.4) is 0 Å². The lowest BCUT2D eigenvalue weighted by Crippen LogP contribution is -2.04. The van der Waals surface area contributed by atoms with Crippen LogP contribution in [-0.2, 0) is 0 Å². The van der Waals surface area contributed by atoms with Gasteiger partial charge in [0.05, 0.1) is 22.1 Å². The molecule has 0 aliphatic rings. The molecule has 0 atom stereocenters. The van der Waals surface area contributed by atoms with E-state index in [0.29, 0.717) is 46.3 Å². The van der Waals surface area contributed by atoms with E-state index in [-0.39, 0.29) is 0 Å². The third-order valence-electron chi connectivity index (χ3n) is 12.3. The Morgan fingerprint density at radius 2 is 0.544 bits per heavy atom.